The molecule has 0 spiro atoms. The highest BCUT2D eigenvalue weighted by molar-refractivity contribution is 5.93. The quantitative estimate of drug-likeness (QED) is 0.629. The second kappa shape index (κ2) is 4.45. The molecule has 0 unspecified atom stereocenters. The van der Waals surface area contributed by atoms with Gasteiger partial charge in [-0.3, -0.25) is 9.48 Å². The Labute approximate surface area is 86.0 Å². The molecule has 1 heterocycles. The van der Waals surface area contributed by atoms with E-state index in [4.69, 9.17) is 16.2 Å². The minimum atomic E-state index is -0.564. The number of ether oxygens (including phenoxy) is 1. The van der Waals surface area contributed by atoms with Crippen LogP contribution in [-0.4, -0.2) is 28.3 Å². The highest BCUT2D eigenvalue weighted by Gasteiger charge is 2.15. The number of hydrogen-bond donors (Lipinski definition) is 2. The normalized spacial score (nSPS) is 9.93. The van der Waals surface area contributed by atoms with E-state index >= 15 is 0 Å². The maximum Gasteiger partial charge on any atom is 0.343 e. The van der Waals surface area contributed by atoms with Crippen LogP contribution in [0.3, 0.4) is 0 Å². The Bertz CT molecular complexity index is 385. The first-order valence-electron chi connectivity index (χ1n) is 4.33. The molecule has 0 saturated heterocycles. The average molecular weight is 212 g/mol. The summed E-state index contributed by atoms with van der Waals surface area (Å²) >= 11 is 0. The van der Waals surface area contributed by atoms with Crippen LogP contribution in [-0.2, 0) is 16.1 Å². The van der Waals surface area contributed by atoms with Crippen molar-refractivity contribution in [2.45, 2.75) is 13.5 Å². The number of nitrogens with two attached hydrogens (primary N) is 2. The number of rotatable bonds is 4. The molecule has 1 rings (SSSR count). The molecule has 1 aromatic heterocycles. The number of anilines is 1. The van der Waals surface area contributed by atoms with Gasteiger partial charge < -0.3 is 16.2 Å². The largest absolute Gasteiger partial charge is 0.462 e. The van der Waals surface area contributed by atoms with E-state index in [0.717, 1.165) is 0 Å². The van der Waals surface area contributed by atoms with E-state index in [0.29, 0.717) is 0 Å². The molecule has 15 heavy (non-hydrogen) atoms. The van der Waals surface area contributed by atoms with E-state index in [9.17, 15) is 9.59 Å². The van der Waals surface area contributed by atoms with Crippen LogP contribution in [0.25, 0.3) is 0 Å². The number of carbonyl (C=O) groups is 2. The van der Waals surface area contributed by atoms with Crippen molar-refractivity contribution in [1.82, 2.24) is 9.78 Å². The first-order chi connectivity index (χ1) is 7.04. The SMILES string of the molecule is CCOC(=O)c1cn(CC(N)=O)nc1N. The van der Waals surface area contributed by atoms with E-state index in [1.807, 2.05) is 0 Å². The Morgan fingerprint density at radius 2 is 2.27 bits per heavy atom. The van der Waals surface area contributed by atoms with E-state index in [-0.39, 0.29) is 24.5 Å². The maximum absolute atomic E-state index is 11.3. The van der Waals surface area contributed by atoms with Gasteiger partial charge in [-0.05, 0) is 6.92 Å². The molecule has 0 saturated carbocycles. The van der Waals surface area contributed by atoms with Crippen molar-refractivity contribution in [3.8, 4) is 0 Å². The van der Waals surface area contributed by atoms with Crippen LogP contribution in [0.2, 0.25) is 0 Å². The van der Waals surface area contributed by atoms with Crippen molar-refractivity contribution in [3.05, 3.63) is 11.8 Å². The average Bonchev–Trinajstić information content (AvgIpc) is 2.46. The summed E-state index contributed by atoms with van der Waals surface area (Å²) in [6.07, 6.45) is 1.33. The van der Waals surface area contributed by atoms with Gasteiger partial charge in [0.2, 0.25) is 5.91 Å². The predicted octanol–water partition coefficient (Wildman–Crippen LogP) is -0.873. The Morgan fingerprint density at radius 1 is 1.60 bits per heavy atom. The molecule has 0 aromatic carbocycles. The van der Waals surface area contributed by atoms with Crippen molar-refractivity contribution >= 4 is 17.7 Å². The van der Waals surface area contributed by atoms with Gasteiger partial charge in [-0.2, -0.15) is 5.10 Å². The third kappa shape index (κ3) is 2.70. The Hall–Kier alpha value is -2.05. The number of esters is 1. The van der Waals surface area contributed by atoms with Gasteiger partial charge in [-0.25, -0.2) is 4.79 Å². The fourth-order valence-electron chi connectivity index (χ4n) is 1.04. The van der Waals surface area contributed by atoms with Crippen LogP contribution in [0.4, 0.5) is 5.82 Å². The lowest BCUT2D eigenvalue weighted by molar-refractivity contribution is -0.118. The Morgan fingerprint density at radius 3 is 2.80 bits per heavy atom. The zero-order valence-corrected chi connectivity index (χ0v) is 8.27. The molecule has 7 heteroatoms. The number of amides is 1. The van der Waals surface area contributed by atoms with Crippen molar-refractivity contribution in [3.63, 3.8) is 0 Å². The molecule has 82 valence electrons. The number of hydrogen-bond acceptors (Lipinski definition) is 5. The zero-order valence-electron chi connectivity index (χ0n) is 8.27. The van der Waals surface area contributed by atoms with E-state index in [1.165, 1.54) is 10.9 Å². The lowest BCUT2D eigenvalue weighted by Gasteiger charge is -1.97. The first kappa shape index (κ1) is 11.0. The molecule has 1 amide bonds. The van der Waals surface area contributed by atoms with Crippen LogP contribution >= 0.6 is 0 Å². The van der Waals surface area contributed by atoms with Gasteiger partial charge in [0.1, 0.15) is 12.1 Å². The lowest BCUT2D eigenvalue weighted by atomic mass is 10.3. The number of nitrogen functional groups attached to an aromatic ring is 1. The monoisotopic (exact) mass is 212 g/mol. The smallest absolute Gasteiger partial charge is 0.343 e. The number of primary amides is 1. The second-order valence-corrected chi connectivity index (χ2v) is 2.81. The van der Waals surface area contributed by atoms with Gasteiger partial charge in [0.25, 0.3) is 0 Å². The summed E-state index contributed by atoms with van der Waals surface area (Å²) < 4.78 is 5.94. The van der Waals surface area contributed by atoms with Gasteiger partial charge in [0.05, 0.1) is 6.61 Å². The molecular formula is C8H12N4O3. The van der Waals surface area contributed by atoms with Crippen molar-refractivity contribution < 1.29 is 14.3 Å². The minimum Gasteiger partial charge on any atom is -0.462 e. The van der Waals surface area contributed by atoms with Crippen molar-refractivity contribution in [1.29, 1.82) is 0 Å². The molecule has 0 radical (unpaired) electrons. The first-order valence-corrected chi connectivity index (χ1v) is 4.33. The topological polar surface area (TPSA) is 113 Å². The van der Waals surface area contributed by atoms with Gasteiger partial charge in [0, 0.05) is 6.20 Å². The summed E-state index contributed by atoms with van der Waals surface area (Å²) in [5, 5.41) is 3.75. The fraction of sp³-hybridized carbons (Fsp3) is 0.375. The molecule has 0 atom stereocenters. The lowest BCUT2D eigenvalue weighted by Crippen LogP contribution is -2.19. The molecule has 0 aliphatic heterocycles. The summed E-state index contributed by atoms with van der Waals surface area (Å²) in [5.41, 5.74) is 10.6. The third-order valence-corrected chi connectivity index (χ3v) is 1.60. The van der Waals surface area contributed by atoms with Gasteiger partial charge in [-0.15, -0.1) is 0 Å². The maximum atomic E-state index is 11.3. The van der Waals surface area contributed by atoms with Crippen LogP contribution < -0.4 is 11.5 Å². The van der Waals surface area contributed by atoms with E-state index < -0.39 is 11.9 Å². The summed E-state index contributed by atoms with van der Waals surface area (Å²) in [5.74, 6) is -1.10. The van der Waals surface area contributed by atoms with E-state index in [2.05, 4.69) is 5.10 Å². The molecule has 4 N–H and O–H groups in total. The standard InChI is InChI=1S/C8H12N4O3/c1-2-15-8(14)5-3-12(4-6(9)13)11-7(5)10/h3H,2,4H2,1H3,(H2,9,13)(H2,10,11). The number of nitrogens with zero attached hydrogens (tertiary/aromatic N) is 2. The van der Waals surface area contributed by atoms with Gasteiger partial charge in [0.15, 0.2) is 5.82 Å². The molecular weight excluding hydrogens is 200 g/mol. The number of carbonyl (C=O) groups excluding carboxylic acids is 2. The van der Waals surface area contributed by atoms with Gasteiger partial charge in [-0.1, -0.05) is 0 Å². The van der Waals surface area contributed by atoms with E-state index in [1.54, 1.807) is 6.92 Å². The van der Waals surface area contributed by atoms with Crippen molar-refractivity contribution in [2.75, 3.05) is 12.3 Å². The summed E-state index contributed by atoms with van der Waals surface area (Å²) in [4.78, 5) is 21.9. The third-order valence-electron chi connectivity index (χ3n) is 1.60. The summed E-state index contributed by atoms with van der Waals surface area (Å²) in [6.45, 7) is 1.81. The fourth-order valence-corrected chi connectivity index (χ4v) is 1.04. The Balaban J connectivity index is 2.86. The van der Waals surface area contributed by atoms with Gasteiger partial charge >= 0.3 is 5.97 Å². The highest BCUT2D eigenvalue weighted by Crippen LogP contribution is 2.10. The van der Waals surface area contributed by atoms with Crippen LogP contribution in [0.1, 0.15) is 17.3 Å². The molecule has 0 bridgehead atoms. The second-order valence-electron chi connectivity index (χ2n) is 2.81. The summed E-state index contributed by atoms with van der Waals surface area (Å²) in [6, 6.07) is 0. The van der Waals surface area contributed by atoms with Crippen LogP contribution in [0.15, 0.2) is 6.20 Å². The molecule has 0 fully saturated rings. The molecule has 1 aromatic rings. The van der Waals surface area contributed by atoms with Crippen LogP contribution in [0.5, 0.6) is 0 Å². The van der Waals surface area contributed by atoms with Crippen molar-refractivity contribution in [2.24, 2.45) is 5.73 Å². The Kier molecular flexibility index (Phi) is 3.27. The summed E-state index contributed by atoms with van der Waals surface area (Å²) in [7, 11) is 0. The van der Waals surface area contributed by atoms with Crippen LogP contribution in [0, 0.1) is 0 Å². The zero-order chi connectivity index (χ0) is 11.4. The molecule has 0 aliphatic carbocycles. The highest BCUT2D eigenvalue weighted by atomic mass is 16.5. The molecule has 0 aliphatic rings. The molecule has 7 nitrogen and oxygen atoms in total. The predicted molar refractivity (Wildman–Crippen MR) is 51.8 cm³/mol. The number of aromatic nitrogens is 2. The minimum absolute atomic E-state index is 0.0229.